The van der Waals surface area contributed by atoms with Gasteiger partial charge in [0, 0.05) is 30.3 Å². The summed E-state index contributed by atoms with van der Waals surface area (Å²) < 4.78 is 12.0. The highest BCUT2D eigenvalue weighted by Crippen LogP contribution is 2.45. The summed E-state index contributed by atoms with van der Waals surface area (Å²) in [6.45, 7) is 3.45. The molecule has 1 N–H and O–H groups in total. The van der Waals surface area contributed by atoms with E-state index >= 15 is 0 Å². The van der Waals surface area contributed by atoms with Gasteiger partial charge in [0.05, 0.1) is 36.5 Å². The second-order valence-corrected chi connectivity index (χ2v) is 6.95. The summed E-state index contributed by atoms with van der Waals surface area (Å²) in [4.78, 5) is 32.9. The van der Waals surface area contributed by atoms with Gasteiger partial charge in [0.25, 0.3) is 5.56 Å². The van der Waals surface area contributed by atoms with Gasteiger partial charge in [0.1, 0.15) is 22.8 Å². The zero-order valence-corrected chi connectivity index (χ0v) is 18.0. The third-order valence-corrected chi connectivity index (χ3v) is 5.21. The maximum Gasteiger partial charge on any atom is 0.277 e. The van der Waals surface area contributed by atoms with Crippen molar-refractivity contribution in [1.29, 1.82) is 0 Å². The van der Waals surface area contributed by atoms with Crippen molar-refractivity contribution < 1.29 is 14.3 Å². The zero-order chi connectivity index (χ0) is 22.0. The van der Waals surface area contributed by atoms with Gasteiger partial charge in [-0.25, -0.2) is 9.97 Å². The number of rotatable bonds is 6. The fraction of sp³-hybridized carbons (Fsp3) is 0.200. The highest BCUT2D eigenvalue weighted by molar-refractivity contribution is 6.41. The first kappa shape index (κ1) is 21.6. The number of ether oxygens (including phenoxy) is 2. The second-order valence-electron chi connectivity index (χ2n) is 6.19. The number of pyridine rings is 1. The SMILES string of the molecule is C=CC(=O)NCc1ncc2cc(-c3c(Cl)c(OC)cc(OC)c3Cl)n(C)c(=O)c2n1. The molecule has 0 aliphatic heterocycles. The number of carbonyl (C=O) groups excluding carboxylic acids is 1. The molecule has 3 rings (SSSR count). The van der Waals surface area contributed by atoms with E-state index in [4.69, 9.17) is 32.7 Å². The van der Waals surface area contributed by atoms with Crippen LogP contribution >= 0.6 is 23.2 Å². The average Bonchev–Trinajstić information content (AvgIpc) is 2.75. The van der Waals surface area contributed by atoms with Crippen molar-refractivity contribution in [1.82, 2.24) is 19.9 Å². The van der Waals surface area contributed by atoms with E-state index < -0.39 is 0 Å². The van der Waals surface area contributed by atoms with E-state index in [1.165, 1.54) is 25.0 Å². The summed E-state index contributed by atoms with van der Waals surface area (Å²) in [5.74, 6) is 0.634. The zero-order valence-electron chi connectivity index (χ0n) is 16.5. The molecular weight excluding hydrogens is 431 g/mol. The lowest BCUT2D eigenvalue weighted by molar-refractivity contribution is -0.116. The van der Waals surface area contributed by atoms with Crippen LogP contribution in [0.5, 0.6) is 11.5 Å². The van der Waals surface area contributed by atoms with Gasteiger partial charge in [-0.1, -0.05) is 29.8 Å². The van der Waals surface area contributed by atoms with E-state index in [0.29, 0.717) is 34.0 Å². The predicted octanol–water partition coefficient (Wildman–Crippen LogP) is 3.12. The number of aromatic nitrogens is 3. The Morgan fingerprint density at radius 1 is 1.23 bits per heavy atom. The number of carbonyl (C=O) groups is 1. The van der Waals surface area contributed by atoms with Gasteiger partial charge in [-0.3, -0.25) is 9.59 Å². The smallest absolute Gasteiger partial charge is 0.277 e. The van der Waals surface area contributed by atoms with Crippen LogP contribution in [-0.4, -0.2) is 34.7 Å². The lowest BCUT2D eigenvalue weighted by Gasteiger charge is -2.17. The van der Waals surface area contributed by atoms with Gasteiger partial charge in [-0.2, -0.15) is 0 Å². The first-order valence-electron chi connectivity index (χ1n) is 8.68. The molecule has 0 spiro atoms. The van der Waals surface area contributed by atoms with Gasteiger partial charge >= 0.3 is 0 Å². The Kier molecular flexibility index (Phi) is 6.28. The molecule has 2 heterocycles. The summed E-state index contributed by atoms with van der Waals surface area (Å²) in [6, 6.07) is 3.27. The molecule has 2 aromatic heterocycles. The molecule has 0 radical (unpaired) electrons. The van der Waals surface area contributed by atoms with E-state index in [0.717, 1.165) is 6.08 Å². The van der Waals surface area contributed by atoms with Crippen LogP contribution < -0.4 is 20.3 Å². The molecule has 0 saturated heterocycles. The van der Waals surface area contributed by atoms with Gasteiger partial charge in [-0.15, -0.1) is 0 Å². The van der Waals surface area contributed by atoms with E-state index in [-0.39, 0.29) is 33.6 Å². The molecule has 1 amide bonds. The van der Waals surface area contributed by atoms with E-state index in [1.54, 1.807) is 19.2 Å². The molecule has 0 unspecified atom stereocenters. The second kappa shape index (κ2) is 8.73. The number of methoxy groups -OCH3 is 2. The molecule has 8 nitrogen and oxygen atoms in total. The molecule has 0 aliphatic rings. The quantitative estimate of drug-likeness (QED) is 0.582. The van der Waals surface area contributed by atoms with E-state index in [2.05, 4.69) is 21.9 Å². The molecule has 156 valence electrons. The molecule has 0 aliphatic carbocycles. The fourth-order valence-electron chi connectivity index (χ4n) is 2.89. The maximum absolute atomic E-state index is 13.0. The maximum atomic E-state index is 13.0. The molecular formula is C20H18Cl2N4O4. The van der Waals surface area contributed by atoms with Crippen molar-refractivity contribution in [2.45, 2.75) is 6.54 Å². The van der Waals surface area contributed by atoms with Gasteiger partial charge < -0.3 is 19.4 Å². The van der Waals surface area contributed by atoms with Crippen LogP contribution in [0.15, 0.2) is 35.8 Å². The third-order valence-electron chi connectivity index (χ3n) is 4.46. The van der Waals surface area contributed by atoms with Crippen molar-refractivity contribution in [3.63, 3.8) is 0 Å². The molecule has 0 fully saturated rings. The average molecular weight is 449 g/mol. The van der Waals surface area contributed by atoms with Crippen LogP contribution in [0.4, 0.5) is 0 Å². The van der Waals surface area contributed by atoms with Crippen LogP contribution in [0.25, 0.3) is 22.2 Å². The summed E-state index contributed by atoms with van der Waals surface area (Å²) in [6.07, 6.45) is 2.64. The number of halogens is 2. The highest BCUT2D eigenvalue weighted by Gasteiger charge is 2.22. The lowest BCUT2D eigenvalue weighted by atomic mass is 10.1. The Hall–Kier alpha value is -3.10. The van der Waals surface area contributed by atoms with Gasteiger partial charge in [0.15, 0.2) is 0 Å². The lowest BCUT2D eigenvalue weighted by Crippen LogP contribution is -2.23. The summed E-state index contributed by atoms with van der Waals surface area (Å²) >= 11 is 13.0. The van der Waals surface area contributed by atoms with Crippen LogP contribution in [0, 0.1) is 0 Å². The molecule has 0 saturated carbocycles. The monoisotopic (exact) mass is 448 g/mol. The van der Waals surface area contributed by atoms with Crippen molar-refractivity contribution in [2.24, 2.45) is 7.05 Å². The van der Waals surface area contributed by atoms with Crippen molar-refractivity contribution >= 4 is 40.0 Å². The number of hydrogen-bond acceptors (Lipinski definition) is 6. The Morgan fingerprint density at radius 2 is 1.87 bits per heavy atom. The molecule has 3 aromatic rings. The molecule has 10 heteroatoms. The Labute approximate surface area is 182 Å². The van der Waals surface area contributed by atoms with Crippen molar-refractivity contribution in [2.75, 3.05) is 14.2 Å². The van der Waals surface area contributed by atoms with Gasteiger partial charge in [0.2, 0.25) is 5.91 Å². The van der Waals surface area contributed by atoms with Crippen molar-refractivity contribution in [3.05, 3.63) is 57.2 Å². The van der Waals surface area contributed by atoms with Crippen LogP contribution in [0.1, 0.15) is 5.82 Å². The normalized spacial score (nSPS) is 10.7. The third kappa shape index (κ3) is 3.83. The molecule has 0 atom stereocenters. The van der Waals surface area contributed by atoms with E-state index in [9.17, 15) is 9.59 Å². The molecule has 0 bridgehead atoms. The first-order valence-corrected chi connectivity index (χ1v) is 9.44. The van der Waals surface area contributed by atoms with Crippen LogP contribution in [0.3, 0.4) is 0 Å². The molecule has 1 aromatic carbocycles. The first-order chi connectivity index (χ1) is 14.3. The van der Waals surface area contributed by atoms with Crippen molar-refractivity contribution in [3.8, 4) is 22.8 Å². The molecule has 30 heavy (non-hydrogen) atoms. The largest absolute Gasteiger partial charge is 0.495 e. The van der Waals surface area contributed by atoms with Crippen LogP contribution in [-0.2, 0) is 18.4 Å². The number of amides is 1. The number of nitrogens with zero attached hydrogens (tertiary/aromatic N) is 3. The number of nitrogens with one attached hydrogen (secondary N) is 1. The number of hydrogen-bond donors (Lipinski definition) is 1. The number of fused-ring (bicyclic) bond motifs is 1. The summed E-state index contributed by atoms with van der Waals surface area (Å²) in [5.41, 5.74) is 0.644. The van der Waals surface area contributed by atoms with E-state index in [1.807, 2.05) is 0 Å². The summed E-state index contributed by atoms with van der Waals surface area (Å²) in [5, 5.41) is 3.53. The van der Waals surface area contributed by atoms with Gasteiger partial charge in [-0.05, 0) is 12.1 Å². The highest BCUT2D eigenvalue weighted by atomic mass is 35.5. The minimum atomic E-state index is -0.380. The Morgan fingerprint density at radius 3 is 2.43 bits per heavy atom. The standard InChI is InChI=1S/C20H18Cl2N4O4/c1-5-15(27)24-9-14-23-8-10-6-11(26(2)20(28)19(10)25-14)16-17(21)12(29-3)7-13(30-4)18(16)22/h5-8H,1,9H2,2-4H3,(H,24,27). The fourth-order valence-corrected chi connectivity index (χ4v) is 3.59. The number of benzene rings is 1. The minimum Gasteiger partial charge on any atom is -0.495 e. The topological polar surface area (TPSA) is 95.3 Å². The Bertz CT molecular complexity index is 1200. The Balaban J connectivity index is 2.20. The summed E-state index contributed by atoms with van der Waals surface area (Å²) in [7, 11) is 4.52. The predicted molar refractivity (Wildman–Crippen MR) is 115 cm³/mol. The minimum absolute atomic E-state index is 0.0659. The van der Waals surface area contributed by atoms with Crippen LogP contribution in [0.2, 0.25) is 10.0 Å².